The van der Waals surface area contributed by atoms with Crippen molar-refractivity contribution in [2.45, 2.75) is 19.1 Å². The molecule has 0 spiro atoms. The average molecular weight is 266 g/mol. The number of β-amino-alcohol motifs (C(OH)–C–C–N with tert-alkyl or cyclic N) is 1. The van der Waals surface area contributed by atoms with Crippen LogP contribution >= 0.6 is 0 Å². The highest BCUT2D eigenvalue weighted by Crippen LogP contribution is 2.14. The van der Waals surface area contributed by atoms with Gasteiger partial charge in [0.1, 0.15) is 18.5 Å². The highest BCUT2D eigenvalue weighted by molar-refractivity contribution is 5.41. The van der Waals surface area contributed by atoms with E-state index in [1.165, 1.54) is 0 Å². The zero-order valence-corrected chi connectivity index (χ0v) is 11.3. The van der Waals surface area contributed by atoms with Gasteiger partial charge in [-0.1, -0.05) is 0 Å². The minimum absolute atomic E-state index is 0.286. The second-order valence-electron chi connectivity index (χ2n) is 4.95. The van der Waals surface area contributed by atoms with Crippen LogP contribution in [0.3, 0.4) is 0 Å². The highest BCUT2D eigenvalue weighted by Gasteiger charge is 2.21. The third-order valence-electron chi connectivity index (χ3n) is 3.27. The Labute approximate surface area is 113 Å². The molecule has 1 aliphatic rings. The summed E-state index contributed by atoms with van der Waals surface area (Å²) in [6.07, 6.45) is -0.502. The first-order valence-electron chi connectivity index (χ1n) is 6.63. The number of hydrogen-bond acceptors (Lipinski definition) is 5. The Morgan fingerprint density at radius 2 is 2.21 bits per heavy atom. The Bertz CT molecular complexity index is 383. The Kier molecular flexibility index (Phi) is 5.01. The standard InChI is InChI=1S/C14H22N2O3/c1-11-9-18-7-6-16(11)8-13(17)10-19-14-4-2-12(15)3-5-14/h2-5,11,13,17H,6-10,15H2,1H3. The summed E-state index contributed by atoms with van der Waals surface area (Å²) in [6.45, 7) is 5.32. The van der Waals surface area contributed by atoms with Crippen molar-refractivity contribution in [3.8, 4) is 5.75 Å². The van der Waals surface area contributed by atoms with Gasteiger partial charge in [0.15, 0.2) is 0 Å². The quantitative estimate of drug-likeness (QED) is 0.769. The van der Waals surface area contributed by atoms with Crippen molar-refractivity contribution in [1.82, 2.24) is 4.90 Å². The lowest BCUT2D eigenvalue weighted by Gasteiger charge is -2.34. The second kappa shape index (κ2) is 6.75. The molecule has 5 heteroatoms. The van der Waals surface area contributed by atoms with E-state index in [0.29, 0.717) is 18.3 Å². The van der Waals surface area contributed by atoms with Crippen LogP contribution in [0.15, 0.2) is 24.3 Å². The van der Waals surface area contributed by atoms with Gasteiger partial charge in [-0.15, -0.1) is 0 Å². The molecule has 0 amide bonds. The Balaban J connectivity index is 1.74. The number of ether oxygens (including phenoxy) is 2. The number of nitrogens with zero attached hydrogens (tertiary/aromatic N) is 1. The maximum Gasteiger partial charge on any atom is 0.119 e. The number of hydrogen-bond donors (Lipinski definition) is 2. The number of nitrogen functional groups attached to an aromatic ring is 1. The van der Waals surface area contributed by atoms with E-state index >= 15 is 0 Å². The van der Waals surface area contributed by atoms with Gasteiger partial charge < -0.3 is 20.3 Å². The summed E-state index contributed by atoms with van der Waals surface area (Å²) in [6, 6.07) is 7.52. The molecule has 1 fully saturated rings. The first kappa shape index (κ1) is 14.1. The summed E-state index contributed by atoms with van der Waals surface area (Å²) in [5.41, 5.74) is 6.30. The molecule has 0 radical (unpaired) electrons. The fraction of sp³-hybridized carbons (Fsp3) is 0.571. The molecule has 19 heavy (non-hydrogen) atoms. The maximum absolute atomic E-state index is 10.0. The number of anilines is 1. The van der Waals surface area contributed by atoms with Gasteiger partial charge in [0.05, 0.1) is 13.2 Å². The zero-order valence-electron chi connectivity index (χ0n) is 11.3. The van der Waals surface area contributed by atoms with Crippen LogP contribution in [0.25, 0.3) is 0 Å². The zero-order chi connectivity index (χ0) is 13.7. The summed E-state index contributed by atoms with van der Waals surface area (Å²) in [7, 11) is 0. The average Bonchev–Trinajstić information content (AvgIpc) is 2.41. The molecule has 5 nitrogen and oxygen atoms in total. The summed E-state index contributed by atoms with van der Waals surface area (Å²) >= 11 is 0. The lowest BCUT2D eigenvalue weighted by atomic mass is 10.2. The van der Waals surface area contributed by atoms with E-state index in [4.69, 9.17) is 15.2 Å². The van der Waals surface area contributed by atoms with Crippen molar-refractivity contribution < 1.29 is 14.6 Å². The molecule has 1 aromatic carbocycles. The maximum atomic E-state index is 10.0. The Morgan fingerprint density at radius 1 is 1.47 bits per heavy atom. The van der Waals surface area contributed by atoms with Crippen molar-refractivity contribution >= 4 is 5.69 Å². The topological polar surface area (TPSA) is 68.0 Å². The Morgan fingerprint density at radius 3 is 2.89 bits per heavy atom. The SMILES string of the molecule is CC1COCCN1CC(O)COc1ccc(N)cc1. The molecule has 106 valence electrons. The molecule has 2 atom stereocenters. The van der Waals surface area contributed by atoms with Gasteiger partial charge in [0.2, 0.25) is 0 Å². The monoisotopic (exact) mass is 266 g/mol. The molecule has 2 rings (SSSR count). The highest BCUT2D eigenvalue weighted by atomic mass is 16.5. The van der Waals surface area contributed by atoms with Crippen molar-refractivity contribution in [1.29, 1.82) is 0 Å². The van der Waals surface area contributed by atoms with E-state index in [0.717, 1.165) is 25.5 Å². The summed E-state index contributed by atoms with van der Waals surface area (Å²) in [4.78, 5) is 2.22. The summed E-state index contributed by atoms with van der Waals surface area (Å²) in [5, 5.41) is 10.0. The lowest BCUT2D eigenvalue weighted by molar-refractivity contribution is -0.0265. The lowest BCUT2D eigenvalue weighted by Crippen LogP contribution is -2.47. The fourth-order valence-corrected chi connectivity index (χ4v) is 2.11. The second-order valence-corrected chi connectivity index (χ2v) is 4.95. The molecular formula is C14H22N2O3. The third-order valence-corrected chi connectivity index (χ3v) is 3.27. The number of aliphatic hydroxyl groups is 1. The third kappa shape index (κ3) is 4.38. The van der Waals surface area contributed by atoms with E-state index in [1.54, 1.807) is 24.3 Å². The van der Waals surface area contributed by atoms with Gasteiger partial charge in [0.25, 0.3) is 0 Å². The molecular weight excluding hydrogens is 244 g/mol. The van der Waals surface area contributed by atoms with Gasteiger partial charge in [-0.3, -0.25) is 4.90 Å². The summed E-state index contributed by atoms with van der Waals surface area (Å²) in [5.74, 6) is 0.725. The first-order chi connectivity index (χ1) is 9.15. The van der Waals surface area contributed by atoms with Gasteiger partial charge in [-0.25, -0.2) is 0 Å². The van der Waals surface area contributed by atoms with Crippen LogP contribution in [0.4, 0.5) is 5.69 Å². The molecule has 0 bridgehead atoms. The van der Waals surface area contributed by atoms with Crippen LogP contribution in [0, 0.1) is 0 Å². The van der Waals surface area contributed by atoms with Crippen LogP contribution < -0.4 is 10.5 Å². The molecule has 0 aromatic heterocycles. The molecule has 1 aromatic rings. The number of rotatable bonds is 5. The minimum Gasteiger partial charge on any atom is -0.491 e. The van der Waals surface area contributed by atoms with Crippen LogP contribution in [0.1, 0.15) is 6.92 Å². The normalized spacial score (nSPS) is 22.1. The molecule has 1 heterocycles. The number of nitrogens with two attached hydrogens (primary N) is 1. The van der Waals surface area contributed by atoms with Crippen molar-refractivity contribution in [2.24, 2.45) is 0 Å². The van der Waals surface area contributed by atoms with Crippen molar-refractivity contribution in [3.63, 3.8) is 0 Å². The first-order valence-corrected chi connectivity index (χ1v) is 6.63. The predicted molar refractivity (Wildman–Crippen MR) is 74.2 cm³/mol. The molecule has 0 saturated carbocycles. The largest absolute Gasteiger partial charge is 0.491 e. The molecule has 0 aliphatic carbocycles. The van der Waals surface area contributed by atoms with E-state index in [9.17, 15) is 5.11 Å². The minimum atomic E-state index is -0.502. The van der Waals surface area contributed by atoms with Gasteiger partial charge in [-0.2, -0.15) is 0 Å². The van der Waals surface area contributed by atoms with Crippen molar-refractivity contribution in [2.75, 3.05) is 38.6 Å². The number of aliphatic hydroxyl groups excluding tert-OH is 1. The predicted octanol–water partition coefficient (Wildman–Crippen LogP) is 0.729. The van der Waals surface area contributed by atoms with Crippen LogP contribution in [0.5, 0.6) is 5.75 Å². The van der Waals surface area contributed by atoms with Gasteiger partial charge >= 0.3 is 0 Å². The van der Waals surface area contributed by atoms with Crippen LogP contribution in [0.2, 0.25) is 0 Å². The smallest absolute Gasteiger partial charge is 0.119 e. The number of morpholine rings is 1. The Hall–Kier alpha value is -1.30. The van der Waals surface area contributed by atoms with Crippen LogP contribution in [-0.2, 0) is 4.74 Å². The van der Waals surface area contributed by atoms with E-state index in [2.05, 4.69) is 11.8 Å². The van der Waals surface area contributed by atoms with Gasteiger partial charge in [0, 0.05) is 24.8 Å². The van der Waals surface area contributed by atoms with E-state index in [1.807, 2.05) is 0 Å². The number of benzene rings is 1. The van der Waals surface area contributed by atoms with E-state index in [-0.39, 0.29) is 6.61 Å². The fourth-order valence-electron chi connectivity index (χ4n) is 2.11. The molecule has 1 aliphatic heterocycles. The molecule has 1 saturated heterocycles. The molecule has 3 N–H and O–H groups in total. The van der Waals surface area contributed by atoms with Gasteiger partial charge in [-0.05, 0) is 31.2 Å². The van der Waals surface area contributed by atoms with Crippen molar-refractivity contribution in [3.05, 3.63) is 24.3 Å². The van der Waals surface area contributed by atoms with E-state index < -0.39 is 6.10 Å². The molecule has 2 unspecified atom stereocenters. The van der Waals surface area contributed by atoms with Crippen LogP contribution in [-0.4, -0.2) is 55.1 Å². The summed E-state index contributed by atoms with van der Waals surface area (Å²) < 4.78 is 10.9.